The molecule has 0 radical (unpaired) electrons. The van der Waals surface area contributed by atoms with Crippen molar-refractivity contribution in [2.45, 2.75) is 26.7 Å². The van der Waals surface area contributed by atoms with Crippen molar-refractivity contribution in [1.82, 2.24) is 0 Å². The van der Waals surface area contributed by atoms with Crippen LogP contribution in [0, 0.1) is 5.92 Å². The third-order valence-electron chi connectivity index (χ3n) is 1.60. The van der Waals surface area contributed by atoms with Crippen molar-refractivity contribution in [2.24, 2.45) is 5.92 Å². The van der Waals surface area contributed by atoms with Crippen LogP contribution < -0.4 is 0 Å². The molecule has 1 atom stereocenters. The van der Waals surface area contributed by atoms with Crippen LogP contribution >= 0.6 is 0 Å². The largest absolute Gasteiger partial charge is 0.0988 e. The zero-order valence-electron chi connectivity index (χ0n) is 6.48. The molecule has 0 amide bonds. The third-order valence-corrected chi connectivity index (χ3v) is 1.60. The van der Waals surface area contributed by atoms with Gasteiger partial charge in [0, 0.05) is 0 Å². The van der Waals surface area contributed by atoms with E-state index in [0.29, 0.717) is 0 Å². The number of hydrogen-bond donors (Lipinski definition) is 0. The summed E-state index contributed by atoms with van der Waals surface area (Å²) in [5, 5.41) is 0. The first-order valence-corrected chi connectivity index (χ1v) is 3.50. The van der Waals surface area contributed by atoms with Gasteiger partial charge in [0.1, 0.15) is 0 Å². The molecule has 0 aliphatic heterocycles. The van der Waals surface area contributed by atoms with Crippen molar-refractivity contribution in [3.8, 4) is 0 Å². The average molecular weight is 124 g/mol. The fourth-order valence-electron chi connectivity index (χ4n) is 0.675. The highest BCUT2D eigenvalue weighted by molar-refractivity contribution is 5.10. The molecule has 0 aliphatic rings. The lowest BCUT2D eigenvalue weighted by Crippen LogP contribution is -1.91. The van der Waals surface area contributed by atoms with Gasteiger partial charge < -0.3 is 0 Å². The second-order valence-electron chi connectivity index (χ2n) is 2.58. The highest BCUT2D eigenvalue weighted by Crippen LogP contribution is 2.12. The standard InChI is InChI=1S/C9H16/c1-5-8(3)7-9(4)6-2/h5,9H,1,3,6-7H2,2,4H3. The van der Waals surface area contributed by atoms with Crippen LogP contribution in [0.15, 0.2) is 24.8 Å². The Hall–Kier alpha value is -0.520. The number of hydrogen-bond acceptors (Lipinski definition) is 0. The first-order chi connectivity index (χ1) is 4.20. The van der Waals surface area contributed by atoms with E-state index in [-0.39, 0.29) is 0 Å². The summed E-state index contributed by atoms with van der Waals surface area (Å²) in [5.41, 5.74) is 1.16. The maximum atomic E-state index is 3.84. The Morgan fingerprint density at radius 2 is 2.22 bits per heavy atom. The van der Waals surface area contributed by atoms with E-state index in [0.717, 1.165) is 17.9 Å². The van der Waals surface area contributed by atoms with Crippen LogP contribution in [0.2, 0.25) is 0 Å². The molecule has 0 aromatic heterocycles. The van der Waals surface area contributed by atoms with Gasteiger partial charge in [0.05, 0.1) is 0 Å². The van der Waals surface area contributed by atoms with Crippen LogP contribution in [0.25, 0.3) is 0 Å². The summed E-state index contributed by atoms with van der Waals surface area (Å²) in [6.45, 7) is 11.9. The van der Waals surface area contributed by atoms with Crippen molar-refractivity contribution in [3.63, 3.8) is 0 Å². The van der Waals surface area contributed by atoms with E-state index in [2.05, 4.69) is 27.0 Å². The molecule has 0 nitrogen and oxygen atoms in total. The van der Waals surface area contributed by atoms with E-state index >= 15 is 0 Å². The van der Waals surface area contributed by atoms with E-state index < -0.39 is 0 Å². The predicted molar refractivity (Wildman–Crippen MR) is 43.4 cm³/mol. The zero-order chi connectivity index (χ0) is 7.28. The molecule has 0 N–H and O–H groups in total. The SMILES string of the molecule is C=CC(=C)CC(C)CC. The Morgan fingerprint density at radius 3 is 2.56 bits per heavy atom. The van der Waals surface area contributed by atoms with Gasteiger partial charge >= 0.3 is 0 Å². The van der Waals surface area contributed by atoms with Crippen LogP contribution in [-0.2, 0) is 0 Å². The molecule has 0 aromatic carbocycles. The molecule has 0 spiro atoms. The Labute approximate surface area is 58.3 Å². The molecule has 0 rings (SSSR count). The second-order valence-corrected chi connectivity index (χ2v) is 2.58. The zero-order valence-corrected chi connectivity index (χ0v) is 6.48. The summed E-state index contributed by atoms with van der Waals surface area (Å²) in [5.74, 6) is 0.760. The fourth-order valence-corrected chi connectivity index (χ4v) is 0.675. The molecule has 0 saturated heterocycles. The summed E-state index contributed by atoms with van der Waals surface area (Å²) in [6, 6.07) is 0. The fraction of sp³-hybridized carbons (Fsp3) is 0.556. The van der Waals surface area contributed by atoms with Gasteiger partial charge in [0.15, 0.2) is 0 Å². The molecular weight excluding hydrogens is 108 g/mol. The molecule has 0 aliphatic carbocycles. The van der Waals surface area contributed by atoms with Gasteiger partial charge in [-0.15, -0.1) is 0 Å². The highest BCUT2D eigenvalue weighted by Gasteiger charge is 1.97. The summed E-state index contributed by atoms with van der Waals surface area (Å²) >= 11 is 0. The van der Waals surface area contributed by atoms with Crippen LogP contribution in [0.1, 0.15) is 26.7 Å². The molecule has 0 aromatic rings. The first-order valence-electron chi connectivity index (χ1n) is 3.50. The van der Waals surface area contributed by atoms with E-state index in [9.17, 15) is 0 Å². The molecule has 1 unspecified atom stereocenters. The van der Waals surface area contributed by atoms with Crippen molar-refractivity contribution in [1.29, 1.82) is 0 Å². The van der Waals surface area contributed by atoms with Crippen LogP contribution in [0.3, 0.4) is 0 Å². The molecule has 0 bridgehead atoms. The average Bonchev–Trinajstić information content (AvgIpc) is 1.87. The number of allylic oxidation sites excluding steroid dienone is 2. The minimum atomic E-state index is 0.760. The second kappa shape index (κ2) is 4.37. The van der Waals surface area contributed by atoms with Gasteiger partial charge in [-0.25, -0.2) is 0 Å². The molecule has 52 valence electrons. The van der Waals surface area contributed by atoms with Crippen molar-refractivity contribution in [2.75, 3.05) is 0 Å². The summed E-state index contributed by atoms with van der Waals surface area (Å²) in [4.78, 5) is 0. The lowest BCUT2D eigenvalue weighted by Gasteiger charge is -2.06. The summed E-state index contributed by atoms with van der Waals surface area (Å²) in [6.07, 6.45) is 4.17. The van der Waals surface area contributed by atoms with Crippen molar-refractivity contribution in [3.05, 3.63) is 24.8 Å². The Balaban J connectivity index is 3.46. The molecule has 0 heterocycles. The van der Waals surface area contributed by atoms with Crippen LogP contribution in [-0.4, -0.2) is 0 Å². The maximum Gasteiger partial charge on any atom is -0.0259 e. The molecular formula is C9H16. The summed E-state index contributed by atoms with van der Waals surface area (Å²) in [7, 11) is 0. The van der Waals surface area contributed by atoms with Gasteiger partial charge in [-0.05, 0) is 12.3 Å². The maximum absolute atomic E-state index is 3.84. The van der Waals surface area contributed by atoms with Gasteiger partial charge in [0.2, 0.25) is 0 Å². The molecule has 0 fully saturated rings. The van der Waals surface area contributed by atoms with Crippen LogP contribution in [0.4, 0.5) is 0 Å². The lowest BCUT2D eigenvalue weighted by molar-refractivity contribution is 0.563. The monoisotopic (exact) mass is 124 g/mol. The highest BCUT2D eigenvalue weighted by atomic mass is 14.0. The van der Waals surface area contributed by atoms with Gasteiger partial charge in [-0.3, -0.25) is 0 Å². The minimum absolute atomic E-state index is 0.760. The molecule has 0 saturated carbocycles. The Kier molecular flexibility index (Phi) is 4.12. The quantitative estimate of drug-likeness (QED) is 0.505. The third kappa shape index (κ3) is 4.01. The molecule has 0 heteroatoms. The minimum Gasteiger partial charge on any atom is -0.0988 e. The van der Waals surface area contributed by atoms with E-state index in [1.165, 1.54) is 6.42 Å². The van der Waals surface area contributed by atoms with Gasteiger partial charge in [0.25, 0.3) is 0 Å². The van der Waals surface area contributed by atoms with Crippen molar-refractivity contribution < 1.29 is 0 Å². The van der Waals surface area contributed by atoms with Crippen molar-refractivity contribution >= 4 is 0 Å². The normalized spacial score (nSPS) is 12.7. The first kappa shape index (κ1) is 8.48. The van der Waals surface area contributed by atoms with Crippen LogP contribution in [0.5, 0.6) is 0 Å². The Morgan fingerprint density at radius 1 is 1.67 bits per heavy atom. The lowest BCUT2D eigenvalue weighted by atomic mass is 10.0. The molecule has 9 heavy (non-hydrogen) atoms. The smallest absolute Gasteiger partial charge is 0.0259 e. The summed E-state index contributed by atoms with van der Waals surface area (Å²) < 4.78 is 0. The number of rotatable bonds is 4. The van der Waals surface area contributed by atoms with Gasteiger partial charge in [-0.1, -0.05) is 45.1 Å². The Bertz CT molecular complexity index is 101. The van der Waals surface area contributed by atoms with E-state index in [1.54, 1.807) is 0 Å². The topological polar surface area (TPSA) is 0 Å². The van der Waals surface area contributed by atoms with Gasteiger partial charge in [-0.2, -0.15) is 0 Å². The predicted octanol–water partition coefficient (Wildman–Crippen LogP) is 3.16. The van der Waals surface area contributed by atoms with E-state index in [1.807, 2.05) is 6.08 Å². The van der Waals surface area contributed by atoms with E-state index in [4.69, 9.17) is 0 Å².